The SMILES string of the molecule is Cl.c1cc(-c2[nH]nc3nc(NCCN4CCOCC4)ncc23)nc(CCc2ccsc2)n1. The lowest BCUT2D eigenvalue weighted by Gasteiger charge is -2.26. The number of thiophene rings is 1. The molecule has 0 bridgehead atoms. The van der Waals surface area contributed by atoms with Crippen LogP contribution in [0.2, 0.25) is 0 Å². The van der Waals surface area contributed by atoms with E-state index in [-0.39, 0.29) is 12.4 Å². The minimum absolute atomic E-state index is 0. The number of rotatable bonds is 8. The van der Waals surface area contributed by atoms with Gasteiger partial charge in [-0.15, -0.1) is 12.4 Å². The molecule has 168 valence electrons. The van der Waals surface area contributed by atoms with Gasteiger partial charge < -0.3 is 10.1 Å². The van der Waals surface area contributed by atoms with Crippen molar-refractivity contribution in [1.29, 1.82) is 0 Å². The predicted octanol–water partition coefficient (Wildman–Crippen LogP) is 2.82. The molecule has 5 heterocycles. The lowest BCUT2D eigenvalue weighted by atomic mass is 10.2. The molecule has 0 aromatic carbocycles. The van der Waals surface area contributed by atoms with Crippen LogP contribution in [0, 0.1) is 0 Å². The maximum atomic E-state index is 5.38. The van der Waals surface area contributed by atoms with E-state index in [1.54, 1.807) is 23.7 Å². The van der Waals surface area contributed by atoms with E-state index < -0.39 is 0 Å². The summed E-state index contributed by atoms with van der Waals surface area (Å²) in [6, 6.07) is 4.02. The third-order valence-corrected chi connectivity index (χ3v) is 6.04. The van der Waals surface area contributed by atoms with Gasteiger partial charge in [-0.25, -0.2) is 15.0 Å². The van der Waals surface area contributed by atoms with Crippen LogP contribution < -0.4 is 5.32 Å². The first-order valence-corrected chi connectivity index (χ1v) is 11.4. The summed E-state index contributed by atoms with van der Waals surface area (Å²) in [4.78, 5) is 20.5. The molecule has 0 amide bonds. The van der Waals surface area contributed by atoms with E-state index in [2.05, 4.69) is 52.2 Å². The van der Waals surface area contributed by atoms with Gasteiger partial charge in [0, 0.05) is 45.0 Å². The molecule has 1 fully saturated rings. The van der Waals surface area contributed by atoms with Crippen LogP contribution >= 0.6 is 23.7 Å². The summed E-state index contributed by atoms with van der Waals surface area (Å²) < 4.78 is 5.38. The lowest BCUT2D eigenvalue weighted by molar-refractivity contribution is 0.0398. The summed E-state index contributed by atoms with van der Waals surface area (Å²) in [6.07, 6.45) is 5.31. The van der Waals surface area contributed by atoms with Gasteiger partial charge in [-0.05, 0) is 34.9 Å². The molecule has 0 saturated carbocycles. The third kappa shape index (κ3) is 5.39. The Morgan fingerprint density at radius 3 is 2.88 bits per heavy atom. The van der Waals surface area contributed by atoms with Crippen molar-refractivity contribution in [3.63, 3.8) is 0 Å². The maximum Gasteiger partial charge on any atom is 0.224 e. The van der Waals surface area contributed by atoms with Crippen molar-refractivity contribution in [3.05, 3.63) is 46.7 Å². The Bertz CT molecular complexity index is 1130. The van der Waals surface area contributed by atoms with E-state index in [9.17, 15) is 0 Å². The van der Waals surface area contributed by atoms with Gasteiger partial charge in [0.25, 0.3) is 0 Å². The van der Waals surface area contributed by atoms with Crippen molar-refractivity contribution in [2.24, 2.45) is 0 Å². The standard InChI is InChI=1S/C21H24N8OS.ClH/c1(15-4-12-31-14-15)2-18-22-5-3-17(25-18)19-16-13-24-21(26-20(16)28-27-19)23-6-7-29-8-10-30-11-9-29;/h3-5,12-14H,1-2,6-11H2,(H2,23,24,26,27,28);1H. The molecule has 0 aliphatic carbocycles. The second-order valence-corrected chi connectivity index (χ2v) is 8.18. The van der Waals surface area contributed by atoms with Crippen molar-refractivity contribution in [3.8, 4) is 11.4 Å². The molecule has 1 aliphatic heterocycles. The van der Waals surface area contributed by atoms with Gasteiger partial charge in [0.2, 0.25) is 5.95 Å². The number of hydrogen-bond donors (Lipinski definition) is 2. The molecule has 1 saturated heterocycles. The summed E-state index contributed by atoms with van der Waals surface area (Å²) in [5.74, 6) is 1.40. The molecular formula is C21H25ClN8OS. The normalized spacial score (nSPS) is 14.4. The topological polar surface area (TPSA) is 105 Å². The van der Waals surface area contributed by atoms with Crippen molar-refractivity contribution >= 4 is 40.7 Å². The van der Waals surface area contributed by atoms with Crippen molar-refractivity contribution in [2.45, 2.75) is 12.8 Å². The molecule has 0 unspecified atom stereocenters. The van der Waals surface area contributed by atoms with Crippen LogP contribution in [0.5, 0.6) is 0 Å². The number of nitrogens with zero attached hydrogens (tertiary/aromatic N) is 6. The minimum Gasteiger partial charge on any atom is -0.379 e. The number of halogens is 1. The van der Waals surface area contributed by atoms with Gasteiger partial charge in [0.15, 0.2) is 5.65 Å². The molecule has 0 spiro atoms. The summed E-state index contributed by atoms with van der Waals surface area (Å²) >= 11 is 1.71. The zero-order chi connectivity index (χ0) is 20.9. The number of H-pyrrole nitrogens is 1. The van der Waals surface area contributed by atoms with Gasteiger partial charge in [0.1, 0.15) is 5.82 Å². The molecule has 0 atom stereocenters. The van der Waals surface area contributed by atoms with Crippen LogP contribution in [-0.4, -0.2) is 74.4 Å². The Kier molecular flexibility index (Phi) is 7.59. The highest BCUT2D eigenvalue weighted by molar-refractivity contribution is 7.07. The highest BCUT2D eigenvalue weighted by Crippen LogP contribution is 2.24. The average molecular weight is 473 g/mol. The second kappa shape index (κ2) is 10.8. The zero-order valence-electron chi connectivity index (χ0n) is 17.5. The van der Waals surface area contributed by atoms with Crippen LogP contribution in [0.25, 0.3) is 22.4 Å². The lowest BCUT2D eigenvalue weighted by Crippen LogP contribution is -2.39. The Balaban J connectivity index is 0.00000245. The van der Waals surface area contributed by atoms with E-state index in [1.807, 2.05) is 6.07 Å². The Morgan fingerprint density at radius 2 is 2.03 bits per heavy atom. The number of aromatic nitrogens is 6. The number of ether oxygens (including phenoxy) is 1. The summed E-state index contributed by atoms with van der Waals surface area (Å²) in [6.45, 7) is 5.26. The summed E-state index contributed by atoms with van der Waals surface area (Å²) in [7, 11) is 0. The number of aromatic amines is 1. The molecule has 2 N–H and O–H groups in total. The van der Waals surface area contributed by atoms with Gasteiger partial charge >= 0.3 is 0 Å². The van der Waals surface area contributed by atoms with Crippen molar-refractivity contribution in [2.75, 3.05) is 44.7 Å². The number of aryl methyl sites for hydroxylation is 2. The monoisotopic (exact) mass is 472 g/mol. The fourth-order valence-electron chi connectivity index (χ4n) is 3.58. The van der Waals surface area contributed by atoms with Crippen LogP contribution in [0.1, 0.15) is 11.4 Å². The molecular weight excluding hydrogens is 448 g/mol. The number of nitrogens with one attached hydrogen (secondary N) is 2. The molecule has 1 aliphatic rings. The molecule has 32 heavy (non-hydrogen) atoms. The van der Waals surface area contributed by atoms with Gasteiger partial charge in [-0.1, -0.05) is 0 Å². The van der Waals surface area contributed by atoms with Crippen molar-refractivity contribution in [1.82, 2.24) is 35.0 Å². The largest absolute Gasteiger partial charge is 0.379 e. The minimum atomic E-state index is 0. The Hall–Kier alpha value is -2.66. The molecule has 11 heteroatoms. The van der Waals surface area contributed by atoms with E-state index >= 15 is 0 Å². The third-order valence-electron chi connectivity index (χ3n) is 5.31. The quantitative estimate of drug-likeness (QED) is 0.403. The molecule has 4 aromatic heterocycles. The van der Waals surface area contributed by atoms with Crippen LogP contribution in [-0.2, 0) is 17.6 Å². The van der Waals surface area contributed by atoms with Gasteiger partial charge in [-0.2, -0.15) is 21.4 Å². The highest BCUT2D eigenvalue weighted by Gasteiger charge is 2.13. The van der Waals surface area contributed by atoms with Gasteiger partial charge in [-0.3, -0.25) is 10.00 Å². The first-order chi connectivity index (χ1) is 15.3. The molecule has 4 aromatic rings. The molecule has 5 rings (SSSR count). The summed E-state index contributed by atoms with van der Waals surface area (Å²) in [5, 5.41) is 15.8. The molecule has 9 nitrogen and oxygen atoms in total. The number of fused-ring (bicyclic) bond motifs is 1. The predicted molar refractivity (Wildman–Crippen MR) is 127 cm³/mol. The van der Waals surface area contributed by atoms with E-state index in [0.29, 0.717) is 11.6 Å². The first kappa shape index (κ1) is 22.5. The number of hydrogen-bond acceptors (Lipinski definition) is 9. The fourth-order valence-corrected chi connectivity index (χ4v) is 4.29. The van der Waals surface area contributed by atoms with Gasteiger partial charge in [0.05, 0.1) is 30.0 Å². The fraction of sp³-hybridized carbons (Fsp3) is 0.381. The van der Waals surface area contributed by atoms with E-state index in [0.717, 1.165) is 74.8 Å². The van der Waals surface area contributed by atoms with Crippen LogP contribution in [0.15, 0.2) is 35.3 Å². The van der Waals surface area contributed by atoms with Crippen LogP contribution in [0.3, 0.4) is 0 Å². The average Bonchev–Trinajstić information content (AvgIpc) is 3.48. The van der Waals surface area contributed by atoms with E-state index in [1.165, 1.54) is 5.56 Å². The number of morpholine rings is 1. The second-order valence-electron chi connectivity index (χ2n) is 7.40. The summed E-state index contributed by atoms with van der Waals surface area (Å²) in [5.41, 5.74) is 3.55. The first-order valence-electron chi connectivity index (χ1n) is 10.4. The van der Waals surface area contributed by atoms with E-state index in [4.69, 9.17) is 9.72 Å². The smallest absolute Gasteiger partial charge is 0.224 e. The Labute approximate surface area is 196 Å². The Morgan fingerprint density at radius 1 is 1.12 bits per heavy atom. The molecule has 0 radical (unpaired) electrons. The highest BCUT2D eigenvalue weighted by atomic mass is 35.5. The van der Waals surface area contributed by atoms with Crippen LogP contribution in [0.4, 0.5) is 5.95 Å². The number of anilines is 1. The van der Waals surface area contributed by atoms with Crippen molar-refractivity contribution < 1.29 is 4.74 Å². The maximum absolute atomic E-state index is 5.38. The zero-order valence-corrected chi connectivity index (χ0v) is 19.2.